The second kappa shape index (κ2) is 9.43. The van der Waals surface area contributed by atoms with Gasteiger partial charge in [0, 0.05) is 29.5 Å². The lowest BCUT2D eigenvalue weighted by molar-refractivity contribution is -0.222. The van der Waals surface area contributed by atoms with Gasteiger partial charge in [-0.15, -0.1) is 0 Å². The number of methoxy groups -OCH3 is 1. The fraction of sp³-hybridized carbons (Fsp3) is 0.444. The van der Waals surface area contributed by atoms with Gasteiger partial charge in [-0.3, -0.25) is 14.4 Å². The van der Waals surface area contributed by atoms with Gasteiger partial charge in [0.15, 0.2) is 17.9 Å². The maximum absolute atomic E-state index is 13.6. The molecule has 1 fully saturated rings. The second-order valence-electron chi connectivity index (χ2n) is 9.81. The van der Waals surface area contributed by atoms with E-state index in [1.54, 1.807) is 6.07 Å². The van der Waals surface area contributed by atoms with Crippen LogP contribution in [-0.4, -0.2) is 63.5 Å². The minimum atomic E-state index is -1.97. The largest absolute Gasteiger partial charge is 0.507 e. The normalized spacial score (nSPS) is 26.8. The molecule has 3 N–H and O–H groups in total. The van der Waals surface area contributed by atoms with Crippen molar-refractivity contribution in [3.8, 4) is 17.2 Å². The monoisotopic (exact) mass is 528 g/mol. The van der Waals surface area contributed by atoms with Gasteiger partial charge >= 0.3 is 0 Å². The Labute approximate surface area is 218 Å². The summed E-state index contributed by atoms with van der Waals surface area (Å²) in [7, 11) is 1.36. The average molecular weight is 529 g/mol. The van der Waals surface area contributed by atoms with Crippen LogP contribution in [-0.2, 0) is 20.7 Å². The van der Waals surface area contributed by atoms with Crippen LogP contribution in [0.5, 0.6) is 17.2 Å². The molecule has 1 aliphatic heterocycles. The third-order valence-corrected chi connectivity index (χ3v) is 7.78. The lowest BCUT2D eigenvalue weighted by Gasteiger charge is -2.40. The van der Waals surface area contributed by atoms with Gasteiger partial charge in [-0.05, 0) is 32.3 Å². The molecule has 3 aliphatic rings. The van der Waals surface area contributed by atoms with E-state index in [-0.39, 0.29) is 63.8 Å². The highest BCUT2D eigenvalue weighted by Crippen LogP contribution is 2.52. The number of carbonyl (C=O) groups excluding carboxylic acids is 3. The molecule has 0 bridgehead atoms. The molecule has 9 nitrogen and oxygen atoms in total. The molecule has 0 saturated carbocycles. The fourth-order valence-electron chi connectivity index (χ4n) is 5.64. The molecule has 1 saturated heterocycles. The summed E-state index contributed by atoms with van der Waals surface area (Å²) in [5.41, 5.74) is -2.70. The smallest absolute Gasteiger partial charge is 0.202 e. The molecule has 0 unspecified atom stereocenters. The number of thiol groups is 1. The quantitative estimate of drug-likeness (QED) is 0.291. The van der Waals surface area contributed by atoms with Crippen molar-refractivity contribution in [1.29, 1.82) is 0 Å². The summed E-state index contributed by atoms with van der Waals surface area (Å²) in [6.45, 7) is 1.90. The summed E-state index contributed by atoms with van der Waals surface area (Å²) in [6, 6.07) is 4.51. The minimum absolute atomic E-state index is 0.0152. The van der Waals surface area contributed by atoms with Gasteiger partial charge in [-0.2, -0.15) is 12.6 Å². The van der Waals surface area contributed by atoms with Crippen LogP contribution in [0.3, 0.4) is 0 Å². The van der Waals surface area contributed by atoms with Gasteiger partial charge in [-0.25, -0.2) is 0 Å². The molecular formula is C27H28O9S. The lowest BCUT2D eigenvalue weighted by Crippen LogP contribution is -2.47. The highest BCUT2D eigenvalue weighted by molar-refractivity contribution is 7.81. The number of hydrogen-bond acceptors (Lipinski definition) is 10. The molecular weight excluding hydrogens is 500 g/mol. The summed E-state index contributed by atoms with van der Waals surface area (Å²) in [5.74, 6) is -3.19. The Morgan fingerprint density at radius 3 is 2.54 bits per heavy atom. The first-order valence-corrected chi connectivity index (χ1v) is 12.8. The predicted molar refractivity (Wildman–Crippen MR) is 134 cm³/mol. The molecule has 2 aliphatic carbocycles. The van der Waals surface area contributed by atoms with E-state index < -0.39 is 46.8 Å². The number of rotatable bonds is 5. The van der Waals surface area contributed by atoms with Crippen LogP contribution in [0.25, 0.3) is 0 Å². The summed E-state index contributed by atoms with van der Waals surface area (Å²) in [4.78, 5) is 39.9. The number of fused-ring (bicyclic) bond motifs is 3. The first kappa shape index (κ1) is 25.7. The highest BCUT2D eigenvalue weighted by Gasteiger charge is 2.49. The molecule has 0 amide bonds. The zero-order valence-corrected chi connectivity index (χ0v) is 21.3. The Hall–Kier alpha value is -2.92. The van der Waals surface area contributed by atoms with Gasteiger partial charge < -0.3 is 29.5 Å². The number of ketones is 3. The maximum Gasteiger partial charge on any atom is 0.202 e. The number of benzene rings is 2. The van der Waals surface area contributed by atoms with Gasteiger partial charge in [0.25, 0.3) is 0 Å². The van der Waals surface area contributed by atoms with E-state index in [2.05, 4.69) is 12.6 Å². The molecule has 196 valence electrons. The Balaban J connectivity index is 1.71. The first-order valence-electron chi connectivity index (χ1n) is 12.2. The van der Waals surface area contributed by atoms with Gasteiger partial charge in [-0.1, -0.05) is 12.1 Å². The van der Waals surface area contributed by atoms with Gasteiger partial charge in [0.2, 0.25) is 5.78 Å². The van der Waals surface area contributed by atoms with Crippen LogP contribution in [0.1, 0.15) is 81.7 Å². The van der Waals surface area contributed by atoms with E-state index in [1.165, 1.54) is 19.2 Å². The second-order valence-corrected chi connectivity index (χ2v) is 10.1. The Morgan fingerprint density at radius 1 is 1.14 bits per heavy atom. The van der Waals surface area contributed by atoms with Crippen molar-refractivity contribution in [2.75, 3.05) is 12.9 Å². The summed E-state index contributed by atoms with van der Waals surface area (Å²) < 4.78 is 17.3. The molecule has 4 atom stereocenters. The third kappa shape index (κ3) is 4.03. The zero-order chi connectivity index (χ0) is 26.6. The first-order chi connectivity index (χ1) is 17.6. The Morgan fingerprint density at radius 2 is 1.86 bits per heavy atom. The van der Waals surface area contributed by atoms with Crippen LogP contribution in [0.4, 0.5) is 0 Å². The summed E-state index contributed by atoms with van der Waals surface area (Å²) >= 11 is 4.03. The molecule has 0 aromatic heterocycles. The minimum Gasteiger partial charge on any atom is -0.507 e. The van der Waals surface area contributed by atoms with Gasteiger partial charge in [0.1, 0.15) is 22.8 Å². The molecule has 1 heterocycles. The van der Waals surface area contributed by atoms with Crippen molar-refractivity contribution in [3.63, 3.8) is 0 Å². The molecule has 2 aromatic rings. The number of phenols is 2. The van der Waals surface area contributed by atoms with Gasteiger partial charge in [0.05, 0.1) is 41.8 Å². The number of ether oxygens (including phenoxy) is 3. The summed E-state index contributed by atoms with van der Waals surface area (Å²) in [6.07, 6.45) is -0.277. The van der Waals surface area contributed by atoms with E-state index in [1.807, 2.05) is 6.92 Å². The van der Waals surface area contributed by atoms with Crippen LogP contribution >= 0.6 is 12.6 Å². The lowest BCUT2D eigenvalue weighted by atomic mass is 9.72. The van der Waals surface area contributed by atoms with E-state index in [9.17, 15) is 29.7 Å². The van der Waals surface area contributed by atoms with E-state index >= 15 is 0 Å². The average Bonchev–Trinajstić information content (AvgIpc) is 2.88. The molecule has 10 heteroatoms. The molecule has 5 rings (SSSR count). The fourth-order valence-corrected chi connectivity index (χ4v) is 5.94. The number of carbonyl (C=O) groups is 3. The zero-order valence-electron chi connectivity index (χ0n) is 20.4. The van der Waals surface area contributed by atoms with Crippen molar-refractivity contribution < 1.29 is 43.9 Å². The Bertz CT molecular complexity index is 1320. The van der Waals surface area contributed by atoms with Crippen molar-refractivity contribution in [1.82, 2.24) is 0 Å². The molecule has 2 aromatic carbocycles. The van der Waals surface area contributed by atoms with E-state index in [0.717, 1.165) is 12.8 Å². The number of phenolic OH excluding ortho intramolecular Hbond substituents is 2. The number of aromatic hydroxyl groups is 2. The SMILES string of the molecule is COc1cccc2c1C(=O)c1c(O)c3c(c(O)c1C2=O)C[C@@](O)(C(=O)CS)C[C@@H]3O[C@H]1CCC[C@H](C)O1. The van der Waals surface area contributed by atoms with Crippen molar-refractivity contribution in [2.24, 2.45) is 0 Å². The van der Waals surface area contributed by atoms with Crippen LogP contribution in [0, 0.1) is 0 Å². The van der Waals surface area contributed by atoms with Crippen LogP contribution in [0.2, 0.25) is 0 Å². The van der Waals surface area contributed by atoms with Crippen molar-refractivity contribution in [2.45, 2.75) is 63.1 Å². The Kier molecular flexibility index (Phi) is 6.56. The summed E-state index contributed by atoms with van der Waals surface area (Å²) in [5, 5.41) is 34.1. The van der Waals surface area contributed by atoms with Crippen molar-refractivity contribution in [3.05, 3.63) is 51.6 Å². The standard InChI is InChI=1S/C27H28O9S/c1-12-5-3-8-18(35-12)36-16-10-27(33,17(28)11-37)9-14-20(16)26(32)22-21(24(14)30)23(29)13-6-4-7-15(34-2)19(13)25(22)31/h4,6-7,12,16,18,30,32-33,37H,3,5,8-11H2,1-2H3/t12-,16-,18-,27-/m0/s1. The van der Waals surface area contributed by atoms with Crippen LogP contribution < -0.4 is 4.74 Å². The number of aliphatic hydroxyl groups is 1. The third-order valence-electron chi connectivity index (χ3n) is 7.49. The number of hydrogen-bond donors (Lipinski definition) is 4. The molecule has 37 heavy (non-hydrogen) atoms. The highest BCUT2D eigenvalue weighted by atomic mass is 32.1. The number of Topliss-reactive ketones (excluding diaryl/α,β-unsaturated/α-hetero) is 1. The van der Waals surface area contributed by atoms with E-state index in [0.29, 0.717) is 6.42 Å². The van der Waals surface area contributed by atoms with Crippen LogP contribution in [0.15, 0.2) is 18.2 Å². The van der Waals surface area contributed by atoms with E-state index in [4.69, 9.17) is 14.2 Å². The molecule has 0 radical (unpaired) electrons. The maximum atomic E-state index is 13.6. The predicted octanol–water partition coefficient (Wildman–Crippen LogP) is 3.03. The molecule has 0 spiro atoms. The van der Waals surface area contributed by atoms with Crippen molar-refractivity contribution >= 4 is 30.0 Å². The topological polar surface area (TPSA) is 140 Å².